The first kappa shape index (κ1) is 23.9. The lowest BCUT2D eigenvalue weighted by Gasteiger charge is -2.12. The summed E-state index contributed by atoms with van der Waals surface area (Å²) in [6.07, 6.45) is 7.21. The Bertz CT molecular complexity index is 1010. The molecule has 170 valence electrons. The minimum Gasteiger partial charge on any atom is -0.490 e. The molecule has 0 saturated heterocycles. The van der Waals surface area contributed by atoms with Gasteiger partial charge in [0.05, 0.1) is 6.61 Å². The molecule has 3 aromatic carbocycles. The van der Waals surface area contributed by atoms with Crippen molar-refractivity contribution >= 4 is 0 Å². The predicted octanol–water partition coefficient (Wildman–Crippen LogP) is 8.74. The maximum Gasteiger partial charge on any atom is 0.201 e. The Morgan fingerprint density at radius 1 is 0.656 bits per heavy atom. The van der Waals surface area contributed by atoms with Gasteiger partial charge in [0.2, 0.25) is 5.82 Å². The van der Waals surface area contributed by atoms with Gasteiger partial charge in [0, 0.05) is 11.1 Å². The van der Waals surface area contributed by atoms with Crippen LogP contribution in [0.25, 0.3) is 22.3 Å². The predicted molar refractivity (Wildman–Crippen MR) is 125 cm³/mol. The van der Waals surface area contributed by atoms with Crippen molar-refractivity contribution in [3.63, 3.8) is 0 Å². The molecule has 4 heteroatoms. The van der Waals surface area contributed by atoms with E-state index in [9.17, 15) is 13.2 Å². The van der Waals surface area contributed by atoms with E-state index >= 15 is 0 Å². The van der Waals surface area contributed by atoms with Gasteiger partial charge in [-0.2, -0.15) is 4.39 Å². The van der Waals surface area contributed by atoms with Crippen LogP contribution in [0.5, 0.6) is 5.75 Å². The third-order valence-corrected chi connectivity index (χ3v) is 5.67. The lowest BCUT2D eigenvalue weighted by Crippen LogP contribution is -2.02. The molecule has 0 saturated carbocycles. The van der Waals surface area contributed by atoms with Crippen molar-refractivity contribution in [2.24, 2.45) is 0 Å². The van der Waals surface area contributed by atoms with Crippen molar-refractivity contribution in [2.45, 2.75) is 58.8 Å². The Kier molecular flexibility index (Phi) is 8.78. The van der Waals surface area contributed by atoms with Crippen LogP contribution in [0.4, 0.5) is 13.2 Å². The van der Waals surface area contributed by atoms with Gasteiger partial charge in [0.15, 0.2) is 11.6 Å². The summed E-state index contributed by atoms with van der Waals surface area (Å²) in [6, 6.07) is 15.1. The zero-order chi connectivity index (χ0) is 22.9. The second-order valence-electron chi connectivity index (χ2n) is 8.14. The molecule has 0 heterocycles. The molecule has 0 N–H and O–H groups in total. The number of hydrogen-bond donors (Lipinski definition) is 0. The van der Waals surface area contributed by atoms with Gasteiger partial charge in [0.1, 0.15) is 5.82 Å². The monoisotopic (exact) mass is 440 g/mol. The average molecular weight is 441 g/mol. The molecule has 0 fully saturated rings. The largest absolute Gasteiger partial charge is 0.490 e. The summed E-state index contributed by atoms with van der Waals surface area (Å²) in [5, 5.41) is 0. The van der Waals surface area contributed by atoms with Crippen molar-refractivity contribution in [1.29, 1.82) is 0 Å². The number of hydrogen-bond acceptors (Lipinski definition) is 1. The summed E-state index contributed by atoms with van der Waals surface area (Å²) in [6.45, 7) is 4.60. The van der Waals surface area contributed by atoms with Crippen LogP contribution in [0.15, 0.2) is 54.6 Å². The number of rotatable bonds is 11. The molecule has 0 aromatic heterocycles. The van der Waals surface area contributed by atoms with Crippen LogP contribution in [0, 0.1) is 17.5 Å². The first-order valence-electron chi connectivity index (χ1n) is 11.5. The van der Waals surface area contributed by atoms with Crippen LogP contribution < -0.4 is 4.74 Å². The summed E-state index contributed by atoms with van der Waals surface area (Å²) >= 11 is 0. The van der Waals surface area contributed by atoms with Crippen molar-refractivity contribution in [3.8, 4) is 28.0 Å². The lowest BCUT2D eigenvalue weighted by molar-refractivity contribution is 0.285. The van der Waals surface area contributed by atoms with E-state index in [4.69, 9.17) is 4.74 Å². The number of benzene rings is 3. The minimum absolute atomic E-state index is 0.0150. The maximum atomic E-state index is 14.9. The second-order valence-corrected chi connectivity index (χ2v) is 8.14. The molecular weight excluding hydrogens is 409 g/mol. The molecule has 0 unspecified atom stereocenters. The highest BCUT2D eigenvalue weighted by molar-refractivity contribution is 5.72. The molecule has 0 atom stereocenters. The van der Waals surface area contributed by atoms with Gasteiger partial charge >= 0.3 is 0 Å². The fraction of sp³-hybridized carbons (Fsp3) is 0.357. The zero-order valence-electron chi connectivity index (χ0n) is 18.9. The molecule has 0 spiro atoms. The van der Waals surface area contributed by atoms with Gasteiger partial charge in [0.25, 0.3) is 0 Å². The third-order valence-electron chi connectivity index (χ3n) is 5.67. The van der Waals surface area contributed by atoms with E-state index in [2.05, 4.69) is 13.8 Å². The van der Waals surface area contributed by atoms with Crippen molar-refractivity contribution in [3.05, 3.63) is 77.6 Å². The highest BCUT2D eigenvalue weighted by Gasteiger charge is 2.17. The van der Waals surface area contributed by atoms with Crippen molar-refractivity contribution < 1.29 is 17.9 Å². The van der Waals surface area contributed by atoms with Crippen LogP contribution >= 0.6 is 0 Å². The third kappa shape index (κ3) is 5.93. The first-order chi connectivity index (χ1) is 15.5. The van der Waals surface area contributed by atoms with Gasteiger partial charge in [-0.05, 0) is 54.2 Å². The molecule has 0 aliphatic carbocycles. The van der Waals surface area contributed by atoms with Crippen LogP contribution in [0.3, 0.4) is 0 Å². The Balaban J connectivity index is 1.76. The van der Waals surface area contributed by atoms with Gasteiger partial charge < -0.3 is 4.74 Å². The molecule has 0 amide bonds. The van der Waals surface area contributed by atoms with Gasteiger partial charge in [-0.15, -0.1) is 0 Å². The second kappa shape index (κ2) is 11.8. The van der Waals surface area contributed by atoms with E-state index in [1.807, 2.05) is 24.3 Å². The molecular formula is C28H31F3O. The van der Waals surface area contributed by atoms with Gasteiger partial charge in [-0.25, -0.2) is 8.78 Å². The van der Waals surface area contributed by atoms with Gasteiger partial charge in [-0.1, -0.05) is 75.9 Å². The Hall–Kier alpha value is -2.75. The normalized spacial score (nSPS) is 11.0. The maximum absolute atomic E-state index is 14.9. The van der Waals surface area contributed by atoms with Crippen LogP contribution in [-0.2, 0) is 6.42 Å². The van der Waals surface area contributed by atoms with Crippen molar-refractivity contribution in [2.75, 3.05) is 6.61 Å². The highest BCUT2D eigenvalue weighted by Crippen LogP contribution is 2.33. The first-order valence-corrected chi connectivity index (χ1v) is 11.5. The van der Waals surface area contributed by atoms with Crippen molar-refractivity contribution in [1.82, 2.24) is 0 Å². The number of aryl methyl sites for hydroxylation is 1. The molecule has 0 aliphatic heterocycles. The Morgan fingerprint density at radius 3 is 2.03 bits per heavy atom. The zero-order valence-corrected chi connectivity index (χ0v) is 18.9. The quantitative estimate of drug-likeness (QED) is 0.271. The van der Waals surface area contributed by atoms with E-state index in [1.54, 1.807) is 12.1 Å². The standard InChI is InChI=1S/C28H31F3O/c1-3-5-7-8-18-32-26-17-16-24(27(30)28(26)31)22-14-15-23(25(29)19-22)21-12-10-20(11-13-21)9-6-4-2/h10-17,19H,3-9,18H2,1-2H3. The van der Waals surface area contributed by atoms with E-state index in [0.717, 1.165) is 50.5 Å². The lowest BCUT2D eigenvalue weighted by atomic mass is 9.97. The highest BCUT2D eigenvalue weighted by atomic mass is 19.2. The molecule has 0 aliphatic rings. The minimum atomic E-state index is -1.04. The summed E-state index contributed by atoms with van der Waals surface area (Å²) in [5.74, 6) is -2.64. The summed E-state index contributed by atoms with van der Waals surface area (Å²) in [5.41, 5.74) is 2.72. The number of ether oxygens (including phenoxy) is 1. The number of unbranched alkanes of at least 4 members (excludes halogenated alkanes) is 4. The summed E-state index contributed by atoms with van der Waals surface area (Å²) in [4.78, 5) is 0. The van der Waals surface area contributed by atoms with E-state index in [-0.39, 0.29) is 16.9 Å². The Morgan fingerprint density at radius 2 is 1.34 bits per heavy atom. The summed E-state index contributed by atoms with van der Waals surface area (Å²) in [7, 11) is 0. The van der Waals surface area contributed by atoms with Crippen LogP contribution in [0.1, 0.15) is 57.9 Å². The van der Waals surface area contributed by atoms with E-state index < -0.39 is 17.5 Å². The van der Waals surface area contributed by atoms with E-state index in [0.29, 0.717) is 12.2 Å². The molecule has 32 heavy (non-hydrogen) atoms. The molecule has 0 radical (unpaired) electrons. The fourth-order valence-corrected chi connectivity index (χ4v) is 3.73. The molecule has 1 nitrogen and oxygen atoms in total. The average Bonchev–Trinajstić information content (AvgIpc) is 2.80. The SMILES string of the molecule is CCCCCCOc1ccc(-c2ccc(-c3ccc(CCCC)cc3)c(F)c2)c(F)c1F. The molecule has 3 aromatic rings. The summed E-state index contributed by atoms with van der Waals surface area (Å²) < 4.78 is 49.5. The van der Waals surface area contributed by atoms with Gasteiger partial charge in [-0.3, -0.25) is 0 Å². The fourth-order valence-electron chi connectivity index (χ4n) is 3.73. The van der Waals surface area contributed by atoms with Crippen LogP contribution in [-0.4, -0.2) is 6.61 Å². The van der Waals surface area contributed by atoms with E-state index in [1.165, 1.54) is 23.8 Å². The van der Waals surface area contributed by atoms with Crippen LogP contribution in [0.2, 0.25) is 0 Å². The molecule has 3 rings (SSSR count). The molecule has 0 bridgehead atoms. The topological polar surface area (TPSA) is 9.23 Å². The number of halogens is 3. The smallest absolute Gasteiger partial charge is 0.201 e. The Labute approximate surface area is 189 Å².